The highest BCUT2D eigenvalue weighted by Crippen LogP contribution is 2.23. The molecule has 1 amide bonds. The van der Waals surface area contributed by atoms with E-state index in [1.807, 2.05) is 0 Å². The van der Waals surface area contributed by atoms with Gasteiger partial charge in [-0.15, -0.1) is 0 Å². The maximum absolute atomic E-state index is 12.2. The lowest BCUT2D eigenvalue weighted by Gasteiger charge is -2.08. The second-order valence-electron chi connectivity index (χ2n) is 4.49. The van der Waals surface area contributed by atoms with E-state index in [-0.39, 0.29) is 11.3 Å². The second kappa shape index (κ2) is 5.98. The number of hydrogen-bond donors (Lipinski definition) is 2. The number of rotatable bonds is 3. The predicted octanol–water partition coefficient (Wildman–Crippen LogP) is 2.99. The molecule has 0 atom stereocenters. The molecule has 0 saturated carbocycles. The molecule has 7 heteroatoms. The van der Waals surface area contributed by atoms with Crippen molar-refractivity contribution in [2.45, 2.75) is 0 Å². The Labute approximate surface area is 134 Å². The molecule has 0 aliphatic heterocycles. The smallest absolute Gasteiger partial charge is 0.259 e. The molecule has 2 N–H and O–H groups in total. The minimum Gasteiger partial charge on any atom is -0.507 e. The number of nitrogens with zero attached hydrogens (tertiary/aromatic N) is 3. The summed E-state index contributed by atoms with van der Waals surface area (Å²) in [5, 5.41) is 12.4. The lowest BCUT2D eigenvalue weighted by atomic mass is 10.2. The molecule has 0 fully saturated rings. The van der Waals surface area contributed by atoms with Crippen LogP contribution in [-0.4, -0.2) is 25.5 Å². The van der Waals surface area contributed by atoms with Gasteiger partial charge in [-0.25, -0.2) is 9.97 Å². The van der Waals surface area contributed by atoms with Crippen LogP contribution in [0, 0.1) is 0 Å². The largest absolute Gasteiger partial charge is 0.507 e. The SMILES string of the molecule is O=C(Nc1ccc(-n2ccnc2)nc1)c1cc(Br)ccc1O. The number of imidazole rings is 1. The number of phenols is 1. The lowest BCUT2D eigenvalue weighted by molar-refractivity contribution is 0.102. The summed E-state index contributed by atoms with van der Waals surface area (Å²) in [6.07, 6.45) is 6.62. The number of benzene rings is 1. The van der Waals surface area contributed by atoms with Gasteiger partial charge in [0.25, 0.3) is 5.91 Å². The van der Waals surface area contributed by atoms with E-state index in [1.165, 1.54) is 6.07 Å². The van der Waals surface area contributed by atoms with Crippen LogP contribution in [0.5, 0.6) is 5.75 Å². The van der Waals surface area contributed by atoms with Crippen molar-refractivity contribution in [3.63, 3.8) is 0 Å². The first-order valence-corrected chi connectivity index (χ1v) is 7.17. The van der Waals surface area contributed by atoms with Crippen molar-refractivity contribution in [2.24, 2.45) is 0 Å². The van der Waals surface area contributed by atoms with E-state index in [1.54, 1.807) is 53.8 Å². The fourth-order valence-corrected chi connectivity index (χ4v) is 2.26. The maximum Gasteiger partial charge on any atom is 0.259 e. The van der Waals surface area contributed by atoms with Crippen LogP contribution in [0.4, 0.5) is 5.69 Å². The number of pyridine rings is 1. The summed E-state index contributed by atoms with van der Waals surface area (Å²) in [4.78, 5) is 20.4. The lowest BCUT2D eigenvalue weighted by Crippen LogP contribution is -2.12. The van der Waals surface area contributed by atoms with Gasteiger partial charge in [0.05, 0.1) is 17.4 Å². The van der Waals surface area contributed by atoms with E-state index in [9.17, 15) is 9.90 Å². The number of carbonyl (C=O) groups excluding carboxylic acids is 1. The summed E-state index contributed by atoms with van der Waals surface area (Å²) in [6, 6.07) is 8.16. The normalized spacial score (nSPS) is 10.4. The van der Waals surface area contributed by atoms with Crippen molar-refractivity contribution >= 4 is 27.5 Å². The van der Waals surface area contributed by atoms with Gasteiger partial charge in [-0.2, -0.15) is 0 Å². The van der Waals surface area contributed by atoms with Gasteiger partial charge in [-0.05, 0) is 30.3 Å². The number of anilines is 1. The summed E-state index contributed by atoms with van der Waals surface area (Å²) in [5.74, 6) is 0.209. The zero-order chi connectivity index (χ0) is 15.5. The third-order valence-electron chi connectivity index (χ3n) is 2.98. The molecule has 0 saturated heterocycles. The van der Waals surface area contributed by atoms with Gasteiger partial charge in [0, 0.05) is 16.9 Å². The number of aromatic hydroxyl groups is 1. The van der Waals surface area contributed by atoms with Crippen molar-refractivity contribution in [1.82, 2.24) is 14.5 Å². The number of carbonyl (C=O) groups is 1. The molecule has 1 aromatic carbocycles. The Hall–Kier alpha value is -2.67. The highest BCUT2D eigenvalue weighted by molar-refractivity contribution is 9.10. The van der Waals surface area contributed by atoms with Crippen LogP contribution in [0.1, 0.15) is 10.4 Å². The number of hydrogen-bond acceptors (Lipinski definition) is 4. The van der Waals surface area contributed by atoms with Gasteiger partial charge in [0.15, 0.2) is 0 Å². The fraction of sp³-hybridized carbons (Fsp3) is 0. The Morgan fingerprint density at radius 3 is 2.82 bits per heavy atom. The molecular weight excluding hydrogens is 348 g/mol. The molecule has 0 bridgehead atoms. The first-order chi connectivity index (χ1) is 10.6. The quantitative estimate of drug-likeness (QED) is 0.754. The third-order valence-corrected chi connectivity index (χ3v) is 3.47. The minimum absolute atomic E-state index is 0.0799. The van der Waals surface area contributed by atoms with E-state index in [2.05, 4.69) is 31.2 Å². The average molecular weight is 359 g/mol. The Morgan fingerprint density at radius 2 is 2.14 bits per heavy atom. The monoisotopic (exact) mass is 358 g/mol. The van der Waals surface area contributed by atoms with Crippen LogP contribution in [0.25, 0.3) is 5.82 Å². The van der Waals surface area contributed by atoms with Gasteiger partial charge in [0.2, 0.25) is 0 Å². The molecule has 0 spiro atoms. The van der Waals surface area contributed by atoms with Gasteiger partial charge in [-0.1, -0.05) is 15.9 Å². The molecule has 0 unspecified atom stereocenters. The Kier molecular flexibility index (Phi) is 3.88. The first kappa shape index (κ1) is 14.3. The van der Waals surface area contributed by atoms with Crippen LogP contribution >= 0.6 is 15.9 Å². The number of phenolic OH excluding ortho intramolecular Hbond substituents is 1. The van der Waals surface area contributed by atoms with Gasteiger partial charge in [0.1, 0.15) is 17.9 Å². The van der Waals surface area contributed by atoms with E-state index in [4.69, 9.17) is 0 Å². The van der Waals surface area contributed by atoms with Crippen LogP contribution in [-0.2, 0) is 0 Å². The van der Waals surface area contributed by atoms with Gasteiger partial charge >= 0.3 is 0 Å². The van der Waals surface area contributed by atoms with E-state index in [0.29, 0.717) is 16.0 Å². The van der Waals surface area contributed by atoms with Crippen LogP contribution in [0.3, 0.4) is 0 Å². The third kappa shape index (κ3) is 2.99. The zero-order valence-corrected chi connectivity index (χ0v) is 12.9. The average Bonchev–Trinajstić information content (AvgIpc) is 3.05. The summed E-state index contributed by atoms with van der Waals surface area (Å²) >= 11 is 3.27. The number of amides is 1. The van der Waals surface area contributed by atoms with E-state index in [0.717, 1.165) is 0 Å². The number of aromatic nitrogens is 3. The van der Waals surface area contributed by atoms with Crippen molar-refractivity contribution in [2.75, 3.05) is 5.32 Å². The standard InChI is InChI=1S/C15H11BrN4O2/c16-10-1-3-13(21)12(7-10)15(22)19-11-2-4-14(18-8-11)20-6-5-17-9-20/h1-9,21H,(H,19,22). The van der Waals surface area contributed by atoms with E-state index >= 15 is 0 Å². The Morgan fingerprint density at radius 1 is 1.27 bits per heavy atom. The van der Waals surface area contributed by atoms with Crippen LogP contribution in [0.15, 0.2) is 59.7 Å². The van der Waals surface area contributed by atoms with Crippen molar-refractivity contribution in [3.05, 3.63) is 65.3 Å². The zero-order valence-electron chi connectivity index (χ0n) is 11.3. The molecule has 2 aromatic heterocycles. The molecule has 0 aliphatic rings. The minimum atomic E-state index is -0.406. The number of nitrogens with one attached hydrogen (secondary N) is 1. The fourth-order valence-electron chi connectivity index (χ4n) is 1.90. The van der Waals surface area contributed by atoms with Gasteiger partial charge < -0.3 is 10.4 Å². The summed E-state index contributed by atoms with van der Waals surface area (Å²) in [6.45, 7) is 0. The molecule has 0 aliphatic carbocycles. The van der Waals surface area contributed by atoms with E-state index < -0.39 is 5.91 Å². The van der Waals surface area contributed by atoms with Gasteiger partial charge in [-0.3, -0.25) is 9.36 Å². The molecule has 110 valence electrons. The van der Waals surface area contributed by atoms with Crippen molar-refractivity contribution in [3.8, 4) is 11.6 Å². The molecule has 3 aromatic rings. The highest BCUT2D eigenvalue weighted by atomic mass is 79.9. The molecule has 6 nitrogen and oxygen atoms in total. The molecule has 2 heterocycles. The number of halogens is 1. The Balaban J connectivity index is 1.78. The van der Waals surface area contributed by atoms with Crippen molar-refractivity contribution < 1.29 is 9.90 Å². The summed E-state index contributed by atoms with van der Waals surface area (Å²) in [5.41, 5.74) is 0.723. The molecule has 0 radical (unpaired) electrons. The van der Waals surface area contributed by atoms with Crippen molar-refractivity contribution in [1.29, 1.82) is 0 Å². The van der Waals surface area contributed by atoms with Crippen LogP contribution < -0.4 is 5.32 Å². The summed E-state index contributed by atoms with van der Waals surface area (Å²) < 4.78 is 2.47. The second-order valence-corrected chi connectivity index (χ2v) is 5.41. The predicted molar refractivity (Wildman–Crippen MR) is 85.1 cm³/mol. The van der Waals surface area contributed by atoms with Crippen LogP contribution in [0.2, 0.25) is 0 Å². The maximum atomic E-state index is 12.2. The topological polar surface area (TPSA) is 80.0 Å². The Bertz CT molecular complexity index is 801. The molecule has 3 rings (SSSR count). The molecular formula is C15H11BrN4O2. The summed E-state index contributed by atoms with van der Waals surface area (Å²) in [7, 11) is 0. The first-order valence-electron chi connectivity index (χ1n) is 6.38. The highest BCUT2D eigenvalue weighted by Gasteiger charge is 2.12. The molecule has 22 heavy (non-hydrogen) atoms.